The van der Waals surface area contributed by atoms with Gasteiger partial charge in [0.25, 0.3) is 0 Å². The van der Waals surface area contributed by atoms with E-state index in [9.17, 15) is 18.7 Å². The molecule has 1 aliphatic heterocycles. The van der Waals surface area contributed by atoms with Crippen LogP contribution >= 0.6 is 0 Å². The third-order valence-electron chi connectivity index (χ3n) is 6.91. The van der Waals surface area contributed by atoms with Gasteiger partial charge in [0.2, 0.25) is 5.91 Å². The molecule has 1 aromatic heterocycles. The van der Waals surface area contributed by atoms with Gasteiger partial charge in [-0.25, -0.2) is 4.39 Å². The SMILES string of the molecule is Cc1nnc(N[C@H](C)c2cccc(C(F)(F)C(C)(C)O)c2F)c2cc3c(cc12)C(C)(C)C(=O)N3C. The fourth-order valence-corrected chi connectivity index (χ4v) is 4.58. The molecule has 0 bridgehead atoms. The highest BCUT2D eigenvalue weighted by Crippen LogP contribution is 2.45. The average molecular weight is 487 g/mol. The van der Waals surface area contributed by atoms with Crippen LogP contribution < -0.4 is 10.2 Å². The van der Waals surface area contributed by atoms with Gasteiger partial charge in [0.15, 0.2) is 5.82 Å². The normalized spacial score (nSPS) is 16.5. The predicted octanol–water partition coefficient (Wildman–Crippen LogP) is 5.37. The highest BCUT2D eigenvalue weighted by atomic mass is 19.3. The van der Waals surface area contributed by atoms with Crippen molar-refractivity contribution in [2.45, 2.75) is 64.5 Å². The summed E-state index contributed by atoms with van der Waals surface area (Å²) < 4.78 is 44.8. The van der Waals surface area contributed by atoms with Crippen LogP contribution in [0.5, 0.6) is 0 Å². The maximum absolute atomic E-state index is 15.3. The van der Waals surface area contributed by atoms with Crippen LogP contribution in [0, 0.1) is 12.7 Å². The van der Waals surface area contributed by atoms with Gasteiger partial charge in [0.05, 0.1) is 22.7 Å². The molecule has 186 valence electrons. The topological polar surface area (TPSA) is 78.4 Å². The Morgan fingerprint density at radius 3 is 2.43 bits per heavy atom. The number of halogens is 3. The molecule has 3 aromatic rings. The Kier molecular flexibility index (Phi) is 5.63. The molecule has 9 heteroatoms. The summed E-state index contributed by atoms with van der Waals surface area (Å²) in [5.41, 5.74) is -1.73. The van der Waals surface area contributed by atoms with Crippen molar-refractivity contribution in [3.8, 4) is 0 Å². The van der Waals surface area contributed by atoms with Gasteiger partial charge in [-0.1, -0.05) is 12.1 Å². The Hall–Kier alpha value is -3.20. The first kappa shape index (κ1) is 24.9. The number of carbonyl (C=O) groups excluding carboxylic acids is 1. The first-order valence-corrected chi connectivity index (χ1v) is 11.3. The second-order valence-electron chi connectivity index (χ2n) is 10.2. The van der Waals surface area contributed by atoms with Crippen LogP contribution in [0.15, 0.2) is 30.3 Å². The summed E-state index contributed by atoms with van der Waals surface area (Å²) in [6.07, 6.45) is 0. The second kappa shape index (κ2) is 7.91. The maximum atomic E-state index is 15.3. The number of rotatable bonds is 5. The largest absolute Gasteiger partial charge is 0.384 e. The van der Waals surface area contributed by atoms with Crippen molar-refractivity contribution in [2.24, 2.45) is 0 Å². The predicted molar refractivity (Wildman–Crippen MR) is 129 cm³/mol. The zero-order valence-electron chi connectivity index (χ0n) is 20.8. The first-order valence-electron chi connectivity index (χ1n) is 11.3. The van der Waals surface area contributed by atoms with E-state index in [1.807, 2.05) is 32.9 Å². The van der Waals surface area contributed by atoms with Crippen LogP contribution in [0.1, 0.15) is 63.0 Å². The van der Waals surface area contributed by atoms with Gasteiger partial charge in [0, 0.05) is 29.1 Å². The van der Waals surface area contributed by atoms with Gasteiger partial charge in [-0.3, -0.25) is 4.79 Å². The fourth-order valence-electron chi connectivity index (χ4n) is 4.58. The number of anilines is 2. The number of fused-ring (bicyclic) bond motifs is 2. The Balaban J connectivity index is 1.79. The molecular formula is C26H29F3N4O2. The number of hydrogen-bond acceptors (Lipinski definition) is 5. The van der Waals surface area contributed by atoms with Crippen molar-refractivity contribution in [3.05, 3.63) is 58.5 Å². The lowest BCUT2D eigenvalue weighted by Gasteiger charge is -2.30. The van der Waals surface area contributed by atoms with E-state index in [1.54, 1.807) is 18.9 Å². The molecule has 1 aliphatic rings. The van der Waals surface area contributed by atoms with E-state index in [4.69, 9.17) is 0 Å². The minimum Gasteiger partial charge on any atom is -0.384 e. The quantitative estimate of drug-likeness (QED) is 0.507. The molecule has 2 aromatic carbocycles. The maximum Gasteiger partial charge on any atom is 0.303 e. The number of aliphatic hydroxyl groups is 1. The molecule has 1 amide bonds. The Labute approximate surface area is 202 Å². The standard InChI is InChI=1S/C26H29F3N4O2/c1-13(15-9-8-10-18(21(15)27)26(28,29)25(5,6)35)30-22-17-12-20-19(11-16(17)14(2)31-32-22)24(3,4)23(34)33(20)7/h8-13,35H,1-7H3,(H,30,32)/t13-/m1/s1. The van der Waals surface area contributed by atoms with Crippen molar-refractivity contribution < 1.29 is 23.1 Å². The zero-order chi connectivity index (χ0) is 26.1. The summed E-state index contributed by atoms with van der Waals surface area (Å²) >= 11 is 0. The van der Waals surface area contributed by atoms with E-state index >= 15 is 4.39 Å². The van der Waals surface area contributed by atoms with Crippen molar-refractivity contribution in [3.63, 3.8) is 0 Å². The van der Waals surface area contributed by atoms with Gasteiger partial charge in [-0.05, 0) is 65.3 Å². The Morgan fingerprint density at radius 1 is 1.14 bits per heavy atom. The molecule has 2 N–H and O–H groups in total. The molecule has 0 unspecified atom stereocenters. The van der Waals surface area contributed by atoms with E-state index in [2.05, 4.69) is 15.5 Å². The van der Waals surface area contributed by atoms with Gasteiger partial charge in [-0.15, -0.1) is 5.10 Å². The number of nitrogens with one attached hydrogen (secondary N) is 1. The number of carbonyl (C=O) groups is 1. The number of likely N-dealkylation sites (N-methyl/N-ethyl adjacent to an activating group) is 1. The number of hydrogen-bond donors (Lipinski definition) is 2. The number of alkyl halides is 2. The number of benzene rings is 2. The number of aromatic nitrogens is 2. The summed E-state index contributed by atoms with van der Waals surface area (Å²) in [6.45, 7) is 9.06. The van der Waals surface area contributed by atoms with Gasteiger partial charge in [-0.2, -0.15) is 13.9 Å². The van der Waals surface area contributed by atoms with Crippen LogP contribution in [-0.4, -0.2) is 33.9 Å². The third-order valence-corrected chi connectivity index (χ3v) is 6.91. The van der Waals surface area contributed by atoms with Crippen molar-refractivity contribution in [1.29, 1.82) is 0 Å². The molecule has 0 aliphatic carbocycles. The molecule has 0 saturated carbocycles. The number of amides is 1. The lowest BCUT2D eigenvalue weighted by atomic mass is 9.85. The zero-order valence-corrected chi connectivity index (χ0v) is 20.8. The summed E-state index contributed by atoms with van der Waals surface area (Å²) in [5.74, 6) is -4.59. The van der Waals surface area contributed by atoms with Gasteiger partial charge in [0.1, 0.15) is 11.4 Å². The summed E-state index contributed by atoms with van der Waals surface area (Å²) in [5, 5.41) is 22.9. The number of nitrogens with zero attached hydrogens (tertiary/aromatic N) is 3. The summed E-state index contributed by atoms with van der Waals surface area (Å²) in [7, 11) is 1.71. The van der Waals surface area contributed by atoms with Crippen LogP contribution in [0.4, 0.5) is 24.7 Å². The van der Waals surface area contributed by atoms with Crippen molar-refractivity contribution >= 4 is 28.2 Å². The molecule has 0 saturated heterocycles. The Bertz CT molecular complexity index is 1350. The van der Waals surface area contributed by atoms with Crippen molar-refractivity contribution in [2.75, 3.05) is 17.3 Å². The molecule has 4 rings (SSSR count). The second-order valence-corrected chi connectivity index (χ2v) is 10.2. The molecule has 0 spiro atoms. The van der Waals surface area contributed by atoms with Crippen LogP contribution in [-0.2, 0) is 16.1 Å². The lowest BCUT2D eigenvalue weighted by molar-refractivity contribution is -0.170. The highest BCUT2D eigenvalue weighted by Gasteiger charge is 2.49. The van der Waals surface area contributed by atoms with E-state index in [-0.39, 0.29) is 11.5 Å². The number of aryl methyl sites for hydroxylation is 1. The minimum absolute atomic E-state index is 0.00320. The molecule has 0 fully saturated rings. The van der Waals surface area contributed by atoms with E-state index in [0.29, 0.717) is 16.9 Å². The molecule has 1 atom stereocenters. The summed E-state index contributed by atoms with van der Waals surface area (Å²) in [6, 6.07) is 6.74. The molecule has 6 nitrogen and oxygen atoms in total. The Morgan fingerprint density at radius 2 is 1.80 bits per heavy atom. The molecule has 0 radical (unpaired) electrons. The van der Waals surface area contributed by atoms with Gasteiger partial charge < -0.3 is 15.3 Å². The van der Waals surface area contributed by atoms with Crippen LogP contribution in [0.3, 0.4) is 0 Å². The molecule has 35 heavy (non-hydrogen) atoms. The van der Waals surface area contributed by atoms with E-state index in [1.165, 1.54) is 12.1 Å². The fraction of sp³-hybridized carbons (Fsp3) is 0.423. The lowest BCUT2D eigenvalue weighted by Crippen LogP contribution is -2.41. The third kappa shape index (κ3) is 3.73. The molecular weight excluding hydrogens is 457 g/mol. The smallest absolute Gasteiger partial charge is 0.303 e. The summed E-state index contributed by atoms with van der Waals surface area (Å²) in [4.78, 5) is 14.4. The van der Waals surface area contributed by atoms with Crippen LogP contribution in [0.25, 0.3) is 10.8 Å². The average Bonchev–Trinajstić information content (AvgIpc) is 2.94. The van der Waals surface area contributed by atoms with Crippen molar-refractivity contribution in [1.82, 2.24) is 10.2 Å². The minimum atomic E-state index is -3.80. The monoisotopic (exact) mass is 486 g/mol. The molecule has 2 heterocycles. The first-order chi connectivity index (χ1) is 16.1. The van der Waals surface area contributed by atoms with Gasteiger partial charge >= 0.3 is 5.92 Å². The highest BCUT2D eigenvalue weighted by molar-refractivity contribution is 6.10. The van der Waals surface area contributed by atoms with E-state index in [0.717, 1.165) is 36.6 Å². The van der Waals surface area contributed by atoms with Crippen LogP contribution in [0.2, 0.25) is 0 Å². The van der Waals surface area contributed by atoms with E-state index < -0.39 is 34.4 Å².